The summed E-state index contributed by atoms with van der Waals surface area (Å²) in [5, 5.41) is 12.7. The van der Waals surface area contributed by atoms with Crippen molar-refractivity contribution in [3.8, 4) is 11.8 Å². The van der Waals surface area contributed by atoms with Crippen molar-refractivity contribution in [2.24, 2.45) is 5.92 Å². The number of ether oxygens (including phenoxy) is 1. The number of carbonyl (C=O) groups excluding carboxylic acids is 1. The summed E-state index contributed by atoms with van der Waals surface area (Å²) in [6.07, 6.45) is 0.798. The van der Waals surface area contributed by atoms with Crippen LogP contribution >= 0.6 is 11.6 Å². The molecule has 1 aromatic rings. The number of carbonyl (C=O) groups is 1. The van der Waals surface area contributed by atoms with Crippen molar-refractivity contribution in [1.29, 1.82) is 5.26 Å². The summed E-state index contributed by atoms with van der Waals surface area (Å²) >= 11 is 5.82. The highest BCUT2D eigenvalue weighted by Gasteiger charge is 2.30. The highest BCUT2D eigenvalue weighted by molar-refractivity contribution is 6.30. The van der Waals surface area contributed by atoms with E-state index in [0.29, 0.717) is 11.6 Å². The molecule has 0 spiro atoms. The first kappa shape index (κ1) is 20.3. The molecule has 1 rings (SSSR count). The average molecular weight is 352 g/mol. The van der Waals surface area contributed by atoms with E-state index in [-0.39, 0.29) is 18.4 Å². The van der Waals surface area contributed by atoms with Crippen LogP contribution in [0.5, 0.6) is 5.75 Å². The Labute approximate surface area is 149 Å². The summed E-state index contributed by atoms with van der Waals surface area (Å²) < 4.78 is 5.62. The first-order valence-corrected chi connectivity index (χ1v) is 8.44. The molecule has 0 aromatic heterocycles. The van der Waals surface area contributed by atoms with Crippen molar-refractivity contribution in [3.63, 3.8) is 0 Å². The third-order valence-corrected chi connectivity index (χ3v) is 4.22. The molecule has 5 nitrogen and oxygen atoms in total. The zero-order valence-electron chi connectivity index (χ0n) is 14.8. The molecule has 0 saturated heterocycles. The second kappa shape index (κ2) is 9.51. The van der Waals surface area contributed by atoms with Crippen LogP contribution in [0, 0.1) is 17.2 Å². The first-order valence-electron chi connectivity index (χ1n) is 8.06. The average Bonchev–Trinajstić information content (AvgIpc) is 2.52. The quantitative estimate of drug-likeness (QED) is 0.694. The summed E-state index contributed by atoms with van der Waals surface area (Å²) in [6, 6.07) is 9.40. The van der Waals surface area contributed by atoms with Gasteiger partial charge in [0.2, 0.25) is 5.91 Å². The molecule has 6 heteroatoms. The van der Waals surface area contributed by atoms with Gasteiger partial charge in [-0.2, -0.15) is 5.26 Å². The molecule has 0 bridgehead atoms. The van der Waals surface area contributed by atoms with Gasteiger partial charge in [0.05, 0.1) is 19.2 Å². The molecule has 0 aliphatic heterocycles. The lowest BCUT2D eigenvalue weighted by Crippen LogP contribution is -2.51. The Morgan fingerprint density at radius 2 is 2.04 bits per heavy atom. The Hall–Kier alpha value is -1.77. The van der Waals surface area contributed by atoms with Crippen LogP contribution in [0.2, 0.25) is 5.02 Å². The highest BCUT2D eigenvalue weighted by atomic mass is 35.5. The third-order valence-electron chi connectivity index (χ3n) is 3.97. The van der Waals surface area contributed by atoms with E-state index in [2.05, 4.69) is 11.4 Å². The largest absolute Gasteiger partial charge is 0.494 e. The van der Waals surface area contributed by atoms with Crippen molar-refractivity contribution in [1.82, 2.24) is 10.2 Å². The molecule has 0 heterocycles. The lowest BCUT2D eigenvalue weighted by Gasteiger charge is -2.28. The van der Waals surface area contributed by atoms with Crippen LogP contribution in [-0.2, 0) is 4.79 Å². The van der Waals surface area contributed by atoms with Crippen LogP contribution in [0.25, 0.3) is 0 Å². The number of halogens is 1. The van der Waals surface area contributed by atoms with Crippen molar-refractivity contribution in [3.05, 3.63) is 29.3 Å². The number of benzene rings is 1. The van der Waals surface area contributed by atoms with Crippen LogP contribution < -0.4 is 10.1 Å². The van der Waals surface area contributed by atoms with E-state index < -0.39 is 5.54 Å². The van der Waals surface area contributed by atoms with E-state index in [0.717, 1.165) is 18.7 Å². The summed E-state index contributed by atoms with van der Waals surface area (Å²) in [5.41, 5.74) is -0.838. The highest BCUT2D eigenvalue weighted by Crippen LogP contribution is 2.16. The van der Waals surface area contributed by atoms with Crippen LogP contribution in [0.4, 0.5) is 0 Å². The number of likely N-dealkylation sites (N-methyl/N-ethyl adjacent to an activating group) is 1. The van der Waals surface area contributed by atoms with Gasteiger partial charge in [-0.1, -0.05) is 25.4 Å². The zero-order valence-corrected chi connectivity index (χ0v) is 15.6. The van der Waals surface area contributed by atoms with Gasteiger partial charge in [0.1, 0.15) is 11.3 Å². The topological polar surface area (TPSA) is 65.4 Å². The van der Waals surface area contributed by atoms with Crippen LogP contribution in [0.1, 0.15) is 27.2 Å². The maximum Gasteiger partial charge on any atom is 0.235 e. The lowest BCUT2D eigenvalue weighted by atomic mass is 9.90. The summed E-state index contributed by atoms with van der Waals surface area (Å²) in [7, 11) is 1.88. The van der Waals surface area contributed by atoms with Gasteiger partial charge in [-0.25, -0.2) is 0 Å². The molecule has 0 saturated carbocycles. The number of nitriles is 1. The van der Waals surface area contributed by atoms with Crippen molar-refractivity contribution >= 4 is 17.5 Å². The number of rotatable bonds is 9. The number of hydrogen-bond acceptors (Lipinski definition) is 4. The summed E-state index contributed by atoms with van der Waals surface area (Å²) in [5.74, 6) is 0.680. The molecule has 1 atom stereocenters. The fourth-order valence-corrected chi connectivity index (χ4v) is 2.14. The Balaban J connectivity index is 2.28. The van der Waals surface area contributed by atoms with Gasteiger partial charge >= 0.3 is 0 Å². The minimum Gasteiger partial charge on any atom is -0.494 e. The molecule has 1 N–H and O–H groups in total. The molecule has 0 radical (unpaired) electrons. The van der Waals surface area contributed by atoms with Gasteiger partial charge in [0.15, 0.2) is 0 Å². The molecule has 0 unspecified atom stereocenters. The molecule has 0 fully saturated rings. The maximum absolute atomic E-state index is 12.1. The molecule has 0 aliphatic rings. The maximum atomic E-state index is 12.1. The van der Waals surface area contributed by atoms with Gasteiger partial charge < -0.3 is 10.1 Å². The van der Waals surface area contributed by atoms with E-state index >= 15 is 0 Å². The van der Waals surface area contributed by atoms with E-state index in [1.807, 2.05) is 37.9 Å². The monoisotopic (exact) mass is 351 g/mol. The standard InChI is InChI=1S/C18H26ClN3O2/c1-14(2)18(3,13-20)21-17(23)12-22(4)10-5-11-24-16-8-6-15(19)7-9-16/h6-9,14H,5,10-12H2,1-4H3,(H,21,23)/t18-/m0/s1. The zero-order chi connectivity index (χ0) is 18.2. The predicted molar refractivity (Wildman–Crippen MR) is 96.1 cm³/mol. The molecular formula is C18H26ClN3O2. The van der Waals surface area contributed by atoms with E-state index in [9.17, 15) is 10.1 Å². The van der Waals surface area contributed by atoms with E-state index in [1.165, 1.54) is 0 Å². The summed E-state index contributed by atoms with van der Waals surface area (Å²) in [6.45, 7) is 7.13. The van der Waals surface area contributed by atoms with Gasteiger partial charge in [-0.15, -0.1) is 0 Å². The Kier molecular flexibility index (Phi) is 8.03. The minimum atomic E-state index is -0.838. The SMILES string of the molecule is CC(C)[C@](C)(C#N)NC(=O)CN(C)CCCOc1ccc(Cl)cc1. The number of hydrogen-bond donors (Lipinski definition) is 1. The molecular weight excluding hydrogens is 326 g/mol. The van der Waals surface area contributed by atoms with Gasteiger partial charge in [-0.05, 0) is 50.6 Å². The van der Waals surface area contributed by atoms with Crippen LogP contribution in [-0.4, -0.2) is 43.1 Å². The van der Waals surface area contributed by atoms with Gasteiger partial charge in [0, 0.05) is 11.6 Å². The lowest BCUT2D eigenvalue weighted by molar-refractivity contribution is -0.123. The second-order valence-corrected chi connectivity index (χ2v) is 6.85. The molecule has 0 aliphatic carbocycles. The van der Waals surface area contributed by atoms with Gasteiger partial charge in [-0.3, -0.25) is 9.69 Å². The summed E-state index contributed by atoms with van der Waals surface area (Å²) in [4.78, 5) is 14.0. The molecule has 1 amide bonds. The van der Waals surface area contributed by atoms with E-state index in [4.69, 9.17) is 16.3 Å². The Bertz CT molecular complexity index is 569. The van der Waals surface area contributed by atoms with Crippen molar-refractivity contribution in [2.75, 3.05) is 26.7 Å². The second-order valence-electron chi connectivity index (χ2n) is 6.41. The number of nitrogens with one attached hydrogen (secondary N) is 1. The van der Waals surface area contributed by atoms with E-state index in [1.54, 1.807) is 19.1 Å². The Morgan fingerprint density at radius 3 is 2.58 bits per heavy atom. The predicted octanol–water partition coefficient (Wildman–Crippen LogP) is 3.10. The molecule has 132 valence electrons. The van der Waals surface area contributed by atoms with Gasteiger partial charge in [0.25, 0.3) is 0 Å². The normalized spacial score (nSPS) is 13.4. The fourth-order valence-electron chi connectivity index (χ4n) is 2.01. The van der Waals surface area contributed by atoms with Crippen LogP contribution in [0.3, 0.4) is 0 Å². The number of amides is 1. The van der Waals surface area contributed by atoms with Crippen molar-refractivity contribution in [2.45, 2.75) is 32.7 Å². The smallest absolute Gasteiger partial charge is 0.235 e. The first-order chi connectivity index (χ1) is 11.3. The van der Waals surface area contributed by atoms with Crippen LogP contribution in [0.15, 0.2) is 24.3 Å². The Morgan fingerprint density at radius 1 is 1.42 bits per heavy atom. The van der Waals surface area contributed by atoms with Crippen molar-refractivity contribution < 1.29 is 9.53 Å². The molecule has 1 aromatic carbocycles. The number of nitrogens with zero attached hydrogens (tertiary/aromatic N) is 2. The fraction of sp³-hybridized carbons (Fsp3) is 0.556. The minimum absolute atomic E-state index is 0.0459. The third kappa shape index (κ3) is 6.77. The molecule has 24 heavy (non-hydrogen) atoms.